The second-order valence-corrected chi connectivity index (χ2v) is 7.64. The minimum Gasteiger partial charge on any atom is -0.311 e. The summed E-state index contributed by atoms with van der Waals surface area (Å²) in [5.41, 5.74) is 0.209. The standard InChI is InChI=1S/C16H35N3/c1-13(2)15(12-17-16(3,4)5)19(7)14-8-10-18(6)11-9-14/h13-15,17H,8-12H2,1-7H3. The molecule has 114 valence electrons. The maximum Gasteiger partial charge on any atom is 0.0243 e. The van der Waals surface area contributed by atoms with E-state index < -0.39 is 0 Å². The average molecular weight is 269 g/mol. The molecule has 1 aliphatic rings. The Hall–Kier alpha value is -0.120. The minimum absolute atomic E-state index is 0.209. The van der Waals surface area contributed by atoms with Crippen LogP contribution in [0, 0.1) is 5.92 Å². The van der Waals surface area contributed by atoms with Crippen LogP contribution in [0.25, 0.3) is 0 Å². The van der Waals surface area contributed by atoms with Crippen LogP contribution in [-0.4, -0.2) is 61.2 Å². The Morgan fingerprint density at radius 3 is 2.16 bits per heavy atom. The van der Waals surface area contributed by atoms with Gasteiger partial charge >= 0.3 is 0 Å². The summed E-state index contributed by atoms with van der Waals surface area (Å²) in [6.45, 7) is 15.0. The van der Waals surface area contributed by atoms with Gasteiger partial charge in [-0.15, -0.1) is 0 Å². The van der Waals surface area contributed by atoms with Gasteiger partial charge in [-0.2, -0.15) is 0 Å². The molecule has 0 aromatic rings. The lowest BCUT2D eigenvalue weighted by Crippen LogP contribution is -2.53. The molecule has 0 amide bonds. The van der Waals surface area contributed by atoms with E-state index in [-0.39, 0.29) is 5.54 Å². The number of rotatable bonds is 5. The maximum absolute atomic E-state index is 3.68. The van der Waals surface area contributed by atoms with Crippen LogP contribution in [0.15, 0.2) is 0 Å². The quantitative estimate of drug-likeness (QED) is 0.827. The van der Waals surface area contributed by atoms with Gasteiger partial charge in [0.05, 0.1) is 0 Å². The predicted octanol–water partition coefficient (Wildman–Crippen LogP) is 2.43. The van der Waals surface area contributed by atoms with Gasteiger partial charge in [0.1, 0.15) is 0 Å². The Morgan fingerprint density at radius 1 is 1.21 bits per heavy atom. The summed E-state index contributed by atoms with van der Waals surface area (Å²) in [5.74, 6) is 0.694. The van der Waals surface area contributed by atoms with E-state index in [1.807, 2.05) is 0 Å². The molecule has 1 aliphatic heterocycles. The summed E-state index contributed by atoms with van der Waals surface area (Å²) in [5, 5.41) is 3.68. The van der Waals surface area contributed by atoms with Crippen molar-refractivity contribution in [2.75, 3.05) is 33.7 Å². The highest BCUT2D eigenvalue weighted by atomic mass is 15.2. The Morgan fingerprint density at radius 2 is 1.74 bits per heavy atom. The molecular weight excluding hydrogens is 234 g/mol. The van der Waals surface area contributed by atoms with Crippen LogP contribution in [0.2, 0.25) is 0 Å². The van der Waals surface area contributed by atoms with E-state index in [0.717, 1.165) is 12.6 Å². The Kier molecular flexibility index (Phi) is 6.28. The van der Waals surface area contributed by atoms with Gasteiger partial charge in [-0.05, 0) is 66.7 Å². The van der Waals surface area contributed by atoms with Crippen molar-refractivity contribution >= 4 is 0 Å². The van der Waals surface area contributed by atoms with Crippen molar-refractivity contribution in [3.63, 3.8) is 0 Å². The zero-order valence-electron chi connectivity index (χ0n) is 14.2. The third kappa shape index (κ3) is 5.80. The van der Waals surface area contributed by atoms with Crippen molar-refractivity contribution in [1.82, 2.24) is 15.1 Å². The largest absolute Gasteiger partial charge is 0.311 e. The zero-order valence-corrected chi connectivity index (χ0v) is 14.2. The van der Waals surface area contributed by atoms with E-state index in [4.69, 9.17) is 0 Å². The molecule has 19 heavy (non-hydrogen) atoms. The summed E-state index contributed by atoms with van der Waals surface area (Å²) in [4.78, 5) is 5.08. The second kappa shape index (κ2) is 7.05. The van der Waals surface area contributed by atoms with Crippen LogP contribution in [0.4, 0.5) is 0 Å². The normalized spacial score (nSPS) is 21.3. The second-order valence-electron chi connectivity index (χ2n) is 7.64. The topological polar surface area (TPSA) is 18.5 Å². The summed E-state index contributed by atoms with van der Waals surface area (Å²) in [6, 6.07) is 1.39. The monoisotopic (exact) mass is 269 g/mol. The van der Waals surface area contributed by atoms with Gasteiger partial charge in [0.2, 0.25) is 0 Å². The van der Waals surface area contributed by atoms with Crippen molar-refractivity contribution in [1.29, 1.82) is 0 Å². The fraction of sp³-hybridized carbons (Fsp3) is 1.00. The van der Waals surface area contributed by atoms with Gasteiger partial charge in [-0.1, -0.05) is 13.8 Å². The highest BCUT2D eigenvalue weighted by Crippen LogP contribution is 2.20. The maximum atomic E-state index is 3.68. The number of hydrogen-bond acceptors (Lipinski definition) is 3. The summed E-state index contributed by atoms with van der Waals surface area (Å²) in [6.07, 6.45) is 2.62. The van der Waals surface area contributed by atoms with Gasteiger partial charge in [-0.3, -0.25) is 4.90 Å². The van der Waals surface area contributed by atoms with E-state index >= 15 is 0 Å². The first-order chi connectivity index (χ1) is 8.70. The predicted molar refractivity (Wildman–Crippen MR) is 84.7 cm³/mol. The molecule has 1 rings (SSSR count). The van der Waals surface area contributed by atoms with Crippen molar-refractivity contribution in [2.45, 2.75) is 65.1 Å². The lowest BCUT2D eigenvalue weighted by atomic mass is 9.96. The van der Waals surface area contributed by atoms with Gasteiger partial charge in [0, 0.05) is 24.2 Å². The van der Waals surface area contributed by atoms with Gasteiger partial charge < -0.3 is 10.2 Å². The lowest BCUT2D eigenvalue weighted by molar-refractivity contribution is 0.0815. The van der Waals surface area contributed by atoms with E-state index in [9.17, 15) is 0 Å². The molecule has 3 heteroatoms. The third-order valence-corrected chi connectivity index (χ3v) is 4.40. The highest BCUT2D eigenvalue weighted by molar-refractivity contribution is 4.85. The molecule has 0 saturated carbocycles. The molecule has 3 nitrogen and oxygen atoms in total. The van der Waals surface area contributed by atoms with Crippen LogP contribution in [0.3, 0.4) is 0 Å². The van der Waals surface area contributed by atoms with Crippen LogP contribution in [-0.2, 0) is 0 Å². The van der Waals surface area contributed by atoms with Gasteiger partial charge in [-0.25, -0.2) is 0 Å². The lowest BCUT2D eigenvalue weighted by Gasteiger charge is -2.42. The van der Waals surface area contributed by atoms with Crippen LogP contribution in [0.1, 0.15) is 47.5 Å². The van der Waals surface area contributed by atoms with Crippen LogP contribution >= 0.6 is 0 Å². The summed E-state index contributed by atoms with van der Waals surface area (Å²) >= 11 is 0. The average Bonchev–Trinajstić information content (AvgIpc) is 2.27. The molecule has 0 spiro atoms. The fourth-order valence-corrected chi connectivity index (χ4v) is 2.93. The van der Waals surface area contributed by atoms with Crippen LogP contribution < -0.4 is 5.32 Å². The molecule has 1 unspecified atom stereocenters. The fourth-order valence-electron chi connectivity index (χ4n) is 2.93. The molecule has 1 saturated heterocycles. The Bertz CT molecular complexity index is 249. The van der Waals surface area contributed by atoms with Crippen molar-refractivity contribution in [3.8, 4) is 0 Å². The first-order valence-electron chi connectivity index (χ1n) is 7.86. The third-order valence-electron chi connectivity index (χ3n) is 4.40. The number of likely N-dealkylation sites (N-methyl/N-ethyl adjacent to an activating group) is 1. The zero-order chi connectivity index (χ0) is 14.6. The number of hydrogen-bond donors (Lipinski definition) is 1. The first kappa shape index (κ1) is 16.9. The summed E-state index contributed by atoms with van der Waals surface area (Å²) in [7, 11) is 4.56. The van der Waals surface area contributed by atoms with Crippen molar-refractivity contribution < 1.29 is 0 Å². The molecule has 0 aliphatic carbocycles. The molecule has 0 radical (unpaired) electrons. The highest BCUT2D eigenvalue weighted by Gasteiger charge is 2.28. The molecule has 1 fully saturated rings. The number of likely N-dealkylation sites (tertiary alicyclic amines) is 1. The molecular formula is C16H35N3. The molecule has 1 heterocycles. The van der Waals surface area contributed by atoms with E-state index in [2.05, 4.69) is 63.8 Å². The number of nitrogens with one attached hydrogen (secondary N) is 1. The minimum atomic E-state index is 0.209. The molecule has 0 aromatic heterocycles. The van der Waals surface area contributed by atoms with Gasteiger partial charge in [0.15, 0.2) is 0 Å². The molecule has 1 N–H and O–H groups in total. The van der Waals surface area contributed by atoms with Crippen molar-refractivity contribution in [3.05, 3.63) is 0 Å². The molecule has 1 atom stereocenters. The number of piperidine rings is 1. The summed E-state index contributed by atoms with van der Waals surface area (Å²) < 4.78 is 0. The Balaban J connectivity index is 2.55. The van der Waals surface area contributed by atoms with E-state index in [0.29, 0.717) is 12.0 Å². The first-order valence-corrected chi connectivity index (χ1v) is 7.86. The Labute approximate surface area is 120 Å². The van der Waals surface area contributed by atoms with Crippen LogP contribution in [0.5, 0.6) is 0 Å². The van der Waals surface area contributed by atoms with Gasteiger partial charge in [0.25, 0.3) is 0 Å². The van der Waals surface area contributed by atoms with E-state index in [1.165, 1.54) is 25.9 Å². The van der Waals surface area contributed by atoms with Crippen molar-refractivity contribution in [2.24, 2.45) is 5.92 Å². The molecule has 0 bridgehead atoms. The molecule has 0 aromatic carbocycles. The number of nitrogens with zero attached hydrogens (tertiary/aromatic N) is 2. The van der Waals surface area contributed by atoms with E-state index in [1.54, 1.807) is 0 Å². The smallest absolute Gasteiger partial charge is 0.0243 e. The SMILES string of the molecule is CC(C)C(CNC(C)(C)C)N(C)C1CCN(C)CC1.